The number of rotatable bonds is 4. The van der Waals surface area contributed by atoms with E-state index in [2.05, 4.69) is 6.07 Å². The second-order valence-electron chi connectivity index (χ2n) is 7.67. The van der Waals surface area contributed by atoms with Crippen molar-refractivity contribution in [1.29, 1.82) is 0 Å². The Morgan fingerprint density at radius 3 is 2.87 bits per heavy atom. The van der Waals surface area contributed by atoms with E-state index < -0.39 is 0 Å². The molecule has 0 bridgehead atoms. The lowest BCUT2D eigenvalue weighted by molar-refractivity contribution is -0.134. The molecular weight excluding hydrogens is 398 g/mol. The average molecular weight is 422 g/mol. The average Bonchev–Trinajstić information content (AvgIpc) is 3.22. The molecular formula is C23H23N3O3S. The summed E-state index contributed by atoms with van der Waals surface area (Å²) < 4.78 is 6.65. The molecule has 1 unspecified atom stereocenters. The van der Waals surface area contributed by atoms with Crippen LogP contribution in [0.4, 0.5) is 5.69 Å². The van der Waals surface area contributed by atoms with Gasteiger partial charge in [0.15, 0.2) is 6.61 Å². The smallest absolute Gasteiger partial charge is 0.265 e. The number of carbonyl (C=O) groups is 2. The number of thiazole rings is 1. The molecule has 3 aromatic rings. The quantitative estimate of drug-likeness (QED) is 0.634. The maximum Gasteiger partial charge on any atom is 0.265 e. The van der Waals surface area contributed by atoms with E-state index in [9.17, 15) is 9.59 Å². The topological polar surface area (TPSA) is 62.7 Å². The second-order valence-corrected chi connectivity index (χ2v) is 8.73. The van der Waals surface area contributed by atoms with Gasteiger partial charge in [-0.05, 0) is 43.5 Å². The second kappa shape index (κ2) is 8.07. The number of carbonyl (C=O) groups excluding carboxylic acids is 2. The molecule has 30 heavy (non-hydrogen) atoms. The van der Waals surface area contributed by atoms with Gasteiger partial charge in [-0.25, -0.2) is 4.98 Å². The van der Waals surface area contributed by atoms with E-state index in [1.165, 1.54) is 0 Å². The van der Waals surface area contributed by atoms with Gasteiger partial charge in [-0.2, -0.15) is 0 Å². The first-order chi connectivity index (χ1) is 14.7. The van der Waals surface area contributed by atoms with Crippen LogP contribution < -0.4 is 9.64 Å². The number of piperidine rings is 1. The Morgan fingerprint density at radius 1 is 1.13 bits per heavy atom. The van der Waals surface area contributed by atoms with Gasteiger partial charge >= 0.3 is 0 Å². The molecule has 0 N–H and O–H groups in total. The molecule has 1 fully saturated rings. The highest BCUT2D eigenvalue weighted by atomic mass is 32.1. The third-order valence-corrected chi connectivity index (χ3v) is 6.91. The third-order valence-electron chi connectivity index (χ3n) is 5.78. The van der Waals surface area contributed by atoms with Crippen molar-refractivity contribution in [3.63, 3.8) is 0 Å². The highest BCUT2D eigenvalue weighted by Crippen LogP contribution is 2.36. The lowest BCUT2D eigenvalue weighted by atomic mass is 10.0. The number of anilines is 1. The molecule has 0 radical (unpaired) electrons. The van der Waals surface area contributed by atoms with Crippen molar-refractivity contribution in [3.05, 3.63) is 53.5 Å². The number of benzene rings is 2. The minimum Gasteiger partial charge on any atom is -0.482 e. The van der Waals surface area contributed by atoms with E-state index in [1.54, 1.807) is 16.2 Å². The van der Waals surface area contributed by atoms with Crippen LogP contribution >= 0.6 is 11.3 Å². The standard InChI is InChI=1S/C23H23N3O3S/c27-21(12-14-26-17-8-2-3-10-19(17)29-15-22(26)28)25-13-6-5-9-18(25)23-24-16-7-1-4-11-20(16)30-23/h1-4,7-8,10-11,18H,5-6,9,12-15H2. The predicted molar refractivity (Wildman–Crippen MR) is 117 cm³/mol. The van der Waals surface area contributed by atoms with E-state index in [1.807, 2.05) is 47.4 Å². The first-order valence-electron chi connectivity index (χ1n) is 10.4. The number of hydrogen-bond acceptors (Lipinski definition) is 5. The van der Waals surface area contributed by atoms with Crippen molar-refractivity contribution in [1.82, 2.24) is 9.88 Å². The zero-order valence-corrected chi connectivity index (χ0v) is 17.4. The van der Waals surface area contributed by atoms with E-state index in [0.29, 0.717) is 18.7 Å². The monoisotopic (exact) mass is 421 g/mol. The Balaban J connectivity index is 1.33. The van der Waals surface area contributed by atoms with Gasteiger partial charge in [0.1, 0.15) is 10.8 Å². The summed E-state index contributed by atoms with van der Waals surface area (Å²) in [6.07, 6.45) is 3.33. The lowest BCUT2D eigenvalue weighted by Crippen LogP contribution is -2.43. The summed E-state index contributed by atoms with van der Waals surface area (Å²) >= 11 is 1.68. The van der Waals surface area contributed by atoms with Gasteiger partial charge in [0.2, 0.25) is 5.91 Å². The van der Waals surface area contributed by atoms with E-state index in [0.717, 1.165) is 46.7 Å². The van der Waals surface area contributed by atoms with Crippen LogP contribution in [0, 0.1) is 0 Å². The molecule has 0 spiro atoms. The van der Waals surface area contributed by atoms with Gasteiger partial charge in [-0.15, -0.1) is 11.3 Å². The number of fused-ring (bicyclic) bond motifs is 2. The highest BCUT2D eigenvalue weighted by molar-refractivity contribution is 7.18. The van der Waals surface area contributed by atoms with Gasteiger partial charge in [0.25, 0.3) is 5.91 Å². The van der Waals surface area contributed by atoms with Crippen molar-refractivity contribution in [2.24, 2.45) is 0 Å². The maximum atomic E-state index is 13.2. The van der Waals surface area contributed by atoms with Gasteiger partial charge in [0.05, 0.1) is 21.9 Å². The molecule has 2 aliphatic rings. The van der Waals surface area contributed by atoms with E-state index in [-0.39, 0.29) is 24.5 Å². The van der Waals surface area contributed by atoms with Crippen LogP contribution in [0.25, 0.3) is 10.2 Å². The summed E-state index contributed by atoms with van der Waals surface area (Å²) in [5.41, 5.74) is 1.73. The molecule has 154 valence electrons. The molecule has 3 heterocycles. The molecule has 1 aromatic heterocycles. The number of nitrogens with zero attached hydrogens (tertiary/aromatic N) is 3. The molecule has 0 aliphatic carbocycles. The fraction of sp³-hybridized carbons (Fsp3) is 0.348. The SMILES string of the molecule is O=C1COc2ccccc2N1CCC(=O)N1CCCCC1c1nc2ccccc2s1. The zero-order valence-electron chi connectivity index (χ0n) is 16.6. The summed E-state index contributed by atoms with van der Waals surface area (Å²) in [5.74, 6) is 0.661. The normalized spacial score (nSPS) is 18.9. The van der Waals surface area contributed by atoms with Crippen LogP contribution in [0.5, 0.6) is 5.75 Å². The van der Waals surface area contributed by atoms with Crippen LogP contribution in [-0.4, -0.2) is 41.4 Å². The molecule has 5 rings (SSSR count). The predicted octanol–water partition coefficient (Wildman–Crippen LogP) is 4.17. The van der Waals surface area contributed by atoms with Crippen LogP contribution in [0.1, 0.15) is 36.7 Å². The molecule has 1 saturated heterocycles. The summed E-state index contributed by atoms with van der Waals surface area (Å²) in [4.78, 5) is 34.0. The van der Waals surface area contributed by atoms with Gasteiger partial charge in [-0.3, -0.25) is 9.59 Å². The summed E-state index contributed by atoms with van der Waals surface area (Å²) in [6, 6.07) is 15.6. The van der Waals surface area contributed by atoms with Crippen molar-refractivity contribution < 1.29 is 14.3 Å². The Kier molecular flexibility index (Phi) is 5.12. The maximum absolute atomic E-state index is 13.2. The number of aromatic nitrogens is 1. The van der Waals surface area contributed by atoms with Crippen molar-refractivity contribution in [2.45, 2.75) is 31.7 Å². The lowest BCUT2D eigenvalue weighted by Gasteiger charge is -2.35. The summed E-state index contributed by atoms with van der Waals surface area (Å²) in [5, 5.41) is 1.01. The van der Waals surface area contributed by atoms with E-state index in [4.69, 9.17) is 9.72 Å². The Labute approximate surface area is 179 Å². The fourth-order valence-corrected chi connectivity index (χ4v) is 5.38. The minimum atomic E-state index is -0.108. The van der Waals surface area contributed by atoms with Gasteiger partial charge in [-0.1, -0.05) is 24.3 Å². The number of likely N-dealkylation sites (tertiary alicyclic amines) is 1. The Hall–Kier alpha value is -2.93. The van der Waals surface area contributed by atoms with Crippen LogP contribution in [0.15, 0.2) is 48.5 Å². The zero-order chi connectivity index (χ0) is 20.5. The number of amides is 2. The molecule has 6 nitrogen and oxygen atoms in total. The van der Waals surface area contributed by atoms with Crippen LogP contribution in [-0.2, 0) is 9.59 Å². The van der Waals surface area contributed by atoms with Crippen molar-refractivity contribution in [3.8, 4) is 5.75 Å². The van der Waals surface area contributed by atoms with Crippen molar-refractivity contribution in [2.75, 3.05) is 24.6 Å². The molecule has 0 saturated carbocycles. The first-order valence-corrected chi connectivity index (χ1v) is 11.2. The Morgan fingerprint density at radius 2 is 1.97 bits per heavy atom. The minimum absolute atomic E-state index is 0.0171. The van der Waals surface area contributed by atoms with Gasteiger partial charge in [0, 0.05) is 19.5 Å². The van der Waals surface area contributed by atoms with Gasteiger partial charge < -0.3 is 14.5 Å². The molecule has 2 aromatic carbocycles. The summed E-state index contributed by atoms with van der Waals surface area (Å²) in [6.45, 7) is 1.12. The van der Waals surface area contributed by atoms with Crippen LogP contribution in [0.2, 0.25) is 0 Å². The van der Waals surface area contributed by atoms with Crippen molar-refractivity contribution >= 4 is 39.1 Å². The third kappa shape index (κ3) is 3.54. The summed E-state index contributed by atoms with van der Waals surface area (Å²) in [7, 11) is 0. The number of ether oxygens (including phenoxy) is 1. The highest BCUT2D eigenvalue weighted by Gasteiger charge is 2.32. The molecule has 1 atom stereocenters. The number of hydrogen-bond donors (Lipinski definition) is 0. The largest absolute Gasteiger partial charge is 0.482 e. The van der Waals surface area contributed by atoms with E-state index >= 15 is 0 Å². The molecule has 2 aliphatic heterocycles. The first kappa shape index (κ1) is 19.1. The molecule has 7 heteroatoms. The van der Waals surface area contributed by atoms with Crippen LogP contribution in [0.3, 0.4) is 0 Å². The Bertz CT molecular complexity index is 1060. The number of para-hydroxylation sites is 3. The fourth-order valence-electron chi connectivity index (χ4n) is 4.27. The molecule has 2 amide bonds.